The first kappa shape index (κ1) is 12.3. The number of fused-ring (bicyclic) bond motifs is 1. The molecule has 1 aromatic carbocycles. The number of nitrogens with zero attached hydrogens (tertiary/aromatic N) is 3. The molecular formula is C16H16N4O. The molecule has 5 nitrogen and oxygen atoms in total. The minimum Gasteiger partial charge on any atom is -0.364 e. The van der Waals surface area contributed by atoms with Gasteiger partial charge in [0.2, 0.25) is 0 Å². The Kier molecular flexibility index (Phi) is 3.05. The lowest BCUT2D eigenvalue weighted by atomic mass is 10.1. The Hall–Kier alpha value is -2.40. The van der Waals surface area contributed by atoms with Gasteiger partial charge in [0.25, 0.3) is 0 Å². The molecular weight excluding hydrogens is 264 g/mol. The minimum absolute atomic E-state index is 0.880. The lowest BCUT2D eigenvalue weighted by Crippen LogP contribution is -2.29. The first-order chi connectivity index (χ1) is 10.4. The second kappa shape index (κ2) is 5.18. The molecule has 0 unspecified atom stereocenters. The third-order valence-corrected chi connectivity index (χ3v) is 3.96. The van der Waals surface area contributed by atoms with Crippen molar-refractivity contribution < 1.29 is 4.52 Å². The average molecular weight is 280 g/mol. The topological polar surface area (TPSA) is 58.0 Å². The van der Waals surface area contributed by atoms with Crippen LogP contribution in [0.2, 0.25) is 0 Å². The van der Waals surface area contributed by atoms with Crippen LogP contribution >= 0.6 is 0 Å². The standard InChI is InChI=1S/C16H16N4O/c1-2-4-12(5-3-1)16-13(8-17-18-16)9-20-7-6-15-14(10-20)11-21-19-15/h1-5,8,11H,6-7,9-10H2,(H,17,18). The van der Waals surface area contributed by atoms with Crippen LogP contribution in [0.1, 0.15) is 16.8 Å². The molecule has 4 rings (SSSR count). The summed E-state index contributed by atoms with van der Waals surface area (Å²) in [5.41, 5.74) is 5.80. The Balaban J connectivity index is 1.55. The molecule has 0 amide bonds. The lowest BCUT2D eigenvalue weighted by molar-refractivity contribution is 0.245. The highest BCUT2D eigenvalue weighted by Gasteiger charge is 2.20. The van der Waals surface area contributed by atoms with Gasteiger partial charge in [-0.3, -0.25) is 10.00 Å². The van der Waals surface area contributed by atoms with Gasteiger partial charge in [-0.1, -0.05) is 35.5 Å². The number of nitrogens with one attached hydrogen (secondary N) is 1. The van der Waals surface area contributed by atoms with Gasteiger partial charge in [-0.2, -0.15) is 5.10 Å². The molecule has 0 atom stereocenters. The number of H-pyrrole nitrogens is 1. The Labute approximate surface area is 122 Å². The van der Waals surface area contributed by atoms with Crippen LogP contribution in [-0.4, -0.2) is 26.8 Å². The monoisotopic (exact) mass is 280 g/mol. The van der Waals surface area contributed by atoms with E-state index >= 15 is 0 Å². The molecule has 0 radical (unpaired) electrons. The van der Waals surface area contributed by atoms with Crippen molar-refractivity contribution >= 4 is 0 Å². The Morgan fingerprint density at radius 1 is 1.24 bits per heavy atom. The largest absolute Gasteiger partial charge is 0.364 e. The van der Waals surface area contributed by atoms with Crippen LogP contribution < -0.4 is 0 Å². The number of rotatable bonds is 3. The summed E-state index contributed by atoms with van der Waals surface area (Å²) in [6, 6.07) is 10.3. The van der Waals surface area contributed by atoms with Crippen molar-refractivity contribution in [1.82, 2.24) is 20.3 Å². The van der Waals surface area contributed by atoms with E-state index in [9.17, 15) is 0 Å². The zero-order valence-electron chi connectivity index (χ0n) is 11.6. The van der Waals surface area contributed by atoms with Crippen molar-refractivity contribution in [3.63, 3.8) is 0 Å². The number of benzene rings is 1. The highest BCUT2D eigenvalue weighted by molar-refractivity contribution is 5.62. The van der Waals surface area contributed by atoms with Gasteiger partial charge in [0.1, 0.15) is 6.26 Å². The minimum atomic E-state index is 0.880. The fraction of sp³-hybridized carbons (Fsp3) is 0.250. The molecule has 5 heteroatoms. The first-order valence-electron chi connectivity index (χ1n) is 7.12. The van der Waals surface area contributed by atoms with Crippen LogP contribution in [0.5, 0.6) is 0 Å². The van der Waals surface area contributed by atoms with Gasteiger partial charge in [0.05, 0.1) is 17.6 Å². The Bertz CT molecular complexity index is 732. The molecule has 2 aromatic heterocycles. The predicted octanol–water partition coefficient (Wildman–Crippen LogP) is 2.62. The summed E-state index contributed by atoms with van der Waals surface area (Å²) in [4.78, 5) is 2.40. The second-order valence-electron chi connectivity index (χ2n) is 5.38. The summed E-state index contributed by atoms with van der Waals surface area (Å²) in [6.07, 6.45) is 4.63. The smallest absolute Gasteiger partial charge is 0.128 e. The third-order valence-electron chi connectivity index (χ3n) is 3.96. The maximum atomic E-state index is 5.05. The number of aromatic amines is 1. The summed E-state index contributed by atoms with van der Waals surface area (Å²) in [5.74, 6) is 0. The summed E-state index contributed by atoms with van der Waals surface area (Å²) in [7, 11) is 0. The van der Waals surface area contributed by atoms with E-state index in [4.69, 9.17) is 4.52 Å². The molecule has 0 fully saturated rings. The molecule has 3 heterocycles. The van der Waals surface area contributed by atoms with Crippen LogP contribution in [0.25, 0.3) is 11.3 Å². The van der Waals surface area contributed by atoms with E-state index < -0.39 is 0 Å². The average Bonchev–Trinajstić information content (AvgIpc) is 3.16. The summed E-state index contributed by atoms with van der Waals surface area (Å²) in [5, 5.41) is 11.4. The van der Waals surface area contributed by atoms with Crippen LogP contribution in [-0.2, 0) is 19.5 Å². The molecule has 1 aliphatic rings. The second-order valence-corrected chi connectivity index (χ2v) is 5.38. The molecule has 3 aromatic rings. The van der Waals surface area contributed by atoms with E-state index in [1.54, 1.807) is 6.26 Å². The van der Waals surface area contributed by atoms with E-state index in [2.05, 4.69) is 32.4 Å². The van der Waals surface area contributed by atoms with Crippen molar-refractivity contribution in [2.24, 2.45) is 0 Å². The van der Waals surface area contributed by atoms with Gasteiger partial charge in [-0.25, -0.2) is 0 Å². The maximum absolute atomic E-state index is 5.05. The van der Waals surface area contributed by atoms with Gasteiger partial charge in [0.15, 0.2) is 0 Å². The maximum Gasteiger partial charge on any atom is 0.128 e. The van der Waals surface area contributed by atoms with Gasteiger partial charge >= 0.3 is 0 Å². The molecule has 1 aliphatic heterocycles. The normalized spacial score (nSPS) is 15.0. The molecule has 106 valence electrons. The fourth-order valence-corrected chi connectivity index (χ4v) is 2.86. The van der Waals surface area contributed by atoms with E-state index in [0.717, 1.165) is 37.4 Å². The molecule has 0 spiro atoms. The number of hydrogen-bond donors (Lipinski definition) is 1. The van der Waals surface area contributed by atoms with Crippen molar-refractivity contribution in [2.45, 2.75) is 19.5 Å². The lowest BCUT2D eigenvalue weighted by Gasteiger charge is -2.25. The number of aromatic nitrogens is 3. The zero-order chi connectivity index (χ0) is 14.1. The van der Waals surface area contributed by atoms with Crippen LogP contribution in [0.3, 0.4) is 0 Å². The molecule has 0 aliphatic carbocycles. The fourth-order valence-electron chi connectivity index (χ4n) is 2.86. The van der Waals surface area contributed by atoms with Crippen molar-refractivity contribution in [1.29, 1.82) is 0 Å². The van der Waals surface area contributed by atoms with Gasteiger partial charge in [-0.15, -0.1) is 0 Å². The van der Waals surface area contributed by atoms with E-state index in [1.807, 2.05) is 24.4 Å². The van der Waals surface area contributed by atoms with Crippen molar-refractivity contribution in [2.75, 3.05) is 6.54 Å². The van der Waals surface area contributed by atoms with Crippen LogP contribution in [0.4, 0.5) is 0 Å². The summed E-state index contributed by atoms with van der Waals surface area (Å²) < 4.78 is 5.05. The Morgan fingerprint density at radius 2 is 2.14 bits per heavy atom. The molecule has 1 N–H and O–H groups in total. The molecule has 0 bridgehead atoms. The molecule has 21 heavy (non-hydrogen) atoms. The summed E-state index contributed by atoms with van der Waals surface area (Å²) in [6.45, 7) is 2.77. The molecule has 0 saturated carbocycles. The van der Waals surface area contributed by atoms with Crippen LogP contribution in [0.15, 0.2) is 47.3 Å². The van der Waals surface area contributed by atoms with Gasteiger partial charge in [0, 0.05) is 37.2 Å². The van der Waals surface area contributed by atoms with Crippen molar-refractivity contribution in [3.8, 4) is 11.3 Å². The zero-order valence-corrected chi connectivity index (χ0v) is 11.6. The van der Waals surface area contributed by atoms with E-state index in [1.165, 1.54) is 16.7 Å². The third kappa shape index (κ3) is 2.36. The Morgan fingerprint density at radius 3 is 3.05 bits per heavy atom. The van der Waals surface area contributed by atoms with E-state index in [0.29, 0.717) is 0 Å². The number of hydrogen-bond acceptors (Lipinski definition) is 4. The molecule has 0 saturated heterocycles. The van der Waals surface area contributed by atoms with Crippen molar-refractivity contribution in [3.05, 3.63) is 59.6 Å². The highest BCUT2D eigenvalue weighted by Crippen LogP contribution is 2.24. The van der Waals surface area contributed by atoms with Gasteiger partial charge in [-0.05, 0) is 5.56 Å². The quantitative estimate of drug-likeness (QED) is 0.801. The van der Waals surface area contributed by atoms with E-state index in [-0.39, 0.29) is 0 Å². The summed E-state index contributed by atoms with van der Waals surface area (Å²) >= 11 is 0. The SMILES string of the molecule is c1ccc(-c2[nH]ncc2CN2CCc3nocc3C2)cc1. The van der Waals surface area contributed by atoms with Crippen LogP contribution in [0, 0.1) is 0 Å². The first-order valence-corrected chi connectivity index (χ1v) is 7.12. The van der Waals surface area contributed by atoms with Gasteiger partial charge < -0.3 is 4.52 Å². The predicted molar refractivity (Wildman–Crippen MR) is 78.3 cm³/mol. The highest BCUT2D eigenvalue weighted by atomic mass is 16.5.